The molecule has 0 saturated carbocycles. The molecule has 4 rings (SSSR count). The summed E-state index contributed by atoms with van der Waals surface area (Å²) in [5, 5.41) is 1.05. The highest BCUT2D eigenvalue weighted by molar-refractivity contribution is 5.91. The number of pyridine rings is 1. The van der Waals surface area contributed by atoms with Crippen LogP contribution >= 0.6 is 0 Å². The number of carbonyl (C=O) groups excluding carboxylic acids is 1. The number of nitrogens with one attached hydrogen (secondary N) is 1. The molecule has 1 aromatic carbocycles. The van der Waals surface area contributed by atoms with Crippen LogP contribution in [0, 0.1) is 6.92 Å². The number of piperazine rings is 1. The number of furan rings is 1. The molecule has 1 aliphatic rings. The lowest BCUT2D eigenvalue weighted by molar-refractivity contribution is 0.0597. The van der Waals surface area contributed by atoms with Gasteiger partial charge >= 0.3 is 0 Å². The van der Waals surface area contributed by atoms with Crippen LogP contribution in [0.25, 0.3) is 10.9 Å². The number of benzene rings is 1. The number of carbonyl (C=O) groups is 1. The van der Waals surface area contributed by atoms with E-state index in [1.54, 1.807) is 17.0 Å². The normalized spacial score (nSPS) is 15.5. The van der Waals surface area contributed by atoms with Gasteiger partial charge in [-0.1, -0.05) is 18.2 Å². The van der Waals surface area contributed by atoms with Gasteiger partial charge in [0.05, 0.1) is 11.8 Å². The van der Waals surface area contributed by atoms with E-state index in [1.165, 1.54) is 6.26 Å². The van der Waals surface area contributed by atoms with E-state index in [-0.39, 0.29) is 11.5 Å². The number of nitrogens with zero attached hydrogens (tertiary/aromatic N) is 2. The topological polar surface area (TPSA) is 69.5 Å². The first kappa shape index (κ1) is 16.6. The first-order valence-corrected chi connectivity index (χ1v) is 8.78. The highest BCUT2D eigenvalue weighted by Crippen LogP contribution is 2.16. The van der Waals surface area contributed by atoms with E-state index in [9.17, 15) is 9.59 Å². The van der Waals surface area contributed by atoms with Crippen LogP contribution in [0.3, 0.4) is 0 Å². The molecule has 3 heterocycles. The summed E-state index contributed by atoms with van der Waals surface area (Å²) in [5.41, 5.74) is 2.68. The van der Waals surface area contributed by atoms with Crippen LogP contribution < -0.4 is 5.56 Å². The summed E-state index contributed by atoms with van der Waals surface area (Å²) in [7, 11) is 0. The van der Waals surface area contributed by atoms with Gasteiger partial charge in [-0.2, -0.15) is 0 Å². The van der Waals surface area contributed by atoms with E-state index in [0.29, 0.717) is 25.4 Å². The minimum Gasteiger partial charge on any atom is -0.459 e. The van der Waals surface area contributed by atoms with Crippen LogP contribution in [-0.2, 0) is 6.54 Å². The second-order valence-corrected chi connectivity index (χ2v) is 6.71. The molecule has 0 aliphatic carbocycles. The van der Waals surface area contributed by atoms with Crippen molar-refractivity contribution >= 4 is 16.8 Å². The maximum absolute atomic E-state index is 12.4. The predicted molar refractivity (Wildman–Crippen MR) is 99.2 cm³/mol. The van der Waals surface area contributed by atoms with E-state index in [2.05, 4.69) is 9.88 Å². The van der Waals surface area contributed by atoms with Gasteiger partial charge in [-0.25, -0.2) is 0 Å². The summed E-state index contributed by atoms with van der Waals surface area (Å²) in [6, 6.07) is 11.4. The van der Waals surface area contributed by atoms with Gasteiger partial charge in [0, 0.05) is 38.3 Å². The molecule has 1 saturated heterocycles. The predicted octanol–water partition coefficient (Wildman–Crippen LogP) is 2.39. The molecule has 1 N–H and O–H groups in total. The number of aryl methyl sites for hydroxylation is 1. The van der Waals surface area contributed by atoms with Gasteiger partial charge in [-0.15, -0.1) is 0 Å². The first-order chi connectivity index (χ1) is 12.6. The summed E-state index contributed by atoms with van der Waals surface area (Å²) in [4.78, 5) is 31.7. The fourth-order valence-electron chi connectivity index (χ4n) is 3.45. The van der Waals surface area contributed by atoms with E-state index in [1.807, 2.05) is 31.2 Å². The van der Waals surface area contributed by atoms with Crippen LogP contribution in [0.2, 0.25) is 0 Å². The van der Waals surface area contributed by atoms with Crippen LogP contribution in [0.5, 0.6) is 0 Å². The van der Waals surface area contributed by atoms with Crippen molar-refractivity contribution in [3.8, 4) is 0 Å². The quantitative estimate of drug-likeness (QED) is 0.787. The van der Waals surface area contributed by atoms with Gasteiger partial charge in [0.1, 0.15) is 0 Å². The molecule has 0 radical (unpaired) electrons. The molecule has 6 nitrogen and oxygen atoms in total. The van der Waals surface area contributed by atoms with Crippen molar-refractivity contribution in [1.29, 1.82) is 0 Å². The smallest absolute Gasteiger partial charge is 0.289 e. The summed E-state index contributed by atoms with van der Waals surface area (Å²) in [6.45, 7) is 5.30. The average Bonchev–Trinajstić information content (AvgIpc) is 3.18. The standard InChI is InChI=1S/C20H21N3O3/c1-14-4-2-5-15-12-16(19(24)21-18(14)15)13-22-7-9-23(10-8-22)20(25)17-6-3-11-26-17/h2-6,11-12H,7-10,13H2,1H3,(H,21,24). The van der Waals surface area contributed by atoms with Crippen molar-refractivity contribution in [2.45, 2.75) is 13.5 Å². The number of rotatable bonds is 3. The minimum atomic E-state index is -0.0753. The molecule has 1 fully saturated rings. The Morgan fingerprint density at radius 2 is 1.96 bits per heavy atom. The number of H-pyrrole nitrogens is 1. The van der Waals surface area contributed by atoms with E-state index in [0.717, 1.165) is 35.1 Å². The van der Waals surface area contributed by atoms with Crippen LogP contribution in [0.1, 0.15) is 21.7 Å². The zero-order valence-corrected chi connectivity index (χ0v) is 14.7. The summed E-state index contributed by atoms with van der Waals surface area (Å²) < 4.78 is 5.19. The third-order valence-electron chi connectivity index (χ3n) is 4.95. The third kappa shape index (κ3) is 3.15. The van der Waals surface area contributed by atoms with Gasteiger partial charge in [0.2, 0.25) is 0 Å². The van der Waals surface area contributed by atoms with Crippen molar-refractivity contribution in [3.63, 3.8) is 0 Å². The second-order valence-electron chi connectivity index (χ2n) is 6.71. The summed E-state index contributed by atoms with van der Waals surface area (Å²) >= 11 is 0. The lowest BCUT2D eigenvalue weighted by Crippen LogP contribution is -2.48. The first-order valence-electron chi connectivity index (χ1n) is 8.78. The molecule has 1 aliphatic heterocycles. The Labute approximate surface area is 151 Å². The maximum atomic E-state index is 12.4. The minimum absolute atomic E-state index is 0.0408. The zero-order chi connectivity index (χ0) is 18.1. The van der Waals surface area contributed by atoms with Gasteiger partial charge in [0.25, 0.3) is 11.5 Å². The van der Waals surface area contributed by atoms with E-state index in [4.69, 9.17) is 4.42 Å². The Morgan fingerprint density at radius 3 is 2.69 bits per heavy atom. The Bertz CT molecular complexity index is 983. The molecular weight excluding hydrogens is 330 g/mol. The lowest BCUT2D eigenvalue weighted by atomic mass is 10.1. The Kier molecular flexibility index (Phi) is 4.34. The highest BCUT2D eigenvalue weighted by atomic mass is 16.3. The van der Waals surface area contributed by atoms with E-state index < -0.39 is 0 Å². The van der Waals surface area contributed by atoms with Gasteiger partial charge in [-0.05, 0) is 36.1 Å². The fraction of sp³-hybridized carbons (Fsp3) is 0.300. The molecule has 0 spiro atoms. The van der Waals surface area contributed by atoms with Crippen molar-refractivity contribution in [2.75, 3.05) is 26.2 Å². The lowest BCUT2D eigenvalue weighted by Gasteiger charge is -2.34. The van der Waals surface area contributed by atoms with Crippen molar-refractivity contribution in [3.05, 3.63) is 69.9 Å². The largest absolute Gasteiger partial charge is 0.459 e. The van der Waals surface area contributed by atoms with Gasteiger partial charge in [-0.3, -0.25) is 14.5 Å². The molecule has 6 heteroatoms. The molecule has 0 atom stereocenters. The molecule has 3 aromatic rings. The molecule has 26 heavy (non-hydrogen) atoms. The SMILES string of the molecule is Cc1cccc2cc(CN3CCN(C(=O)c4ccco4)CC3)c(=O)[nH]c12. The number of aromatic amines is 1. The number of hydrogen-bond donors (Lipinski definition) is 1. The van der Waals surface area contributed by atoms with Crippen LogP contribution in [0.15, 0.2) is 51.9 Å². The van der Waals surface area contributed by atoms with Crippen LogP contribution in [0.4, 0.5) is 0 Å². The molecular formula is C20H21N3O3. The third-order valence-corrected chi connectivity index (χ3v) is 4.95. The summed E-state index contributed by atoms with van der Waals surface area (Å²) in [6.07, 6.45) is 1.51. The number of aromatic nitrogens is 1. The van der Waals surface area contributed by atoms with Crippen molar-refractivity contribution in [2.24, 2.45) is 0 Å². The van der Waals surface area contributed by atoms with Crippen molar-refractivity contribution < 1.29 is 9.21 Å². The molecule has 1 amide bonds. The average molecular weight is 351 g/mol. The van der Waals surface area contributed by atoms with E-state index >= 15 is 0 Å². The fourth-order valence-corrected chi connectivity index (χ4v) is 3.45. The monoisotopic (exact) mass is 351 g/mol. The number of amides is 1. The Morgan fingerprint density at radius 1 is 1.15 bits per heavy atom. The summed E-state index contributed by atoms with van der Waals surface area (Å²) in [5.74, 6) is 0.300. The zero-order valence-electron chi connectivity index (χ0n) is 14.7. The Balaban J connectivity index is 1.45. The maximum Gasteiger partial charge on any atom is 0.289 e. The number of fused-ring (bicyclic) bond motifs is 1. The molecule has 0 unspecified atom stereocenters. The van der Waals surface area contributed by atoms with Crippen LogP contribution in [-0.4, -0.2) is 46.9 Å². The highest BCUT2D eigenvalue weighted by Gasteiger charge is 2.24. The second kappa shape index (κ2) is 6.80. The number of hydrogen-bond acceptors (Lipinski definition) is 4. The molecule has 2 aromatic heterocycles. The van der Waals surface area contributed by atoms with Crippen molar-refractivity contribution in [1.82, 2.24) is 14.8 Å². The number of para-hydroxylation sites is 1. The molecule has 0 bridgehead atoms. The Hall–Kier alpha value is -2.86. The van der Waals surface area contributed by atoms with Gasteiger partial charge < -0.3 is 14.3 Å². The van der Waals surface area contributed by atoms with Gasteiger partial charge in [0.15, 0.2) is 5.76 Å². The molecule has 134 valence electrons.